The molecule has 1 aromatic rings. The smallest absolute Gasteiger partial charge is 0.333 e. The molecule has 19 heavy (non-hydrogen) atoms. The zero-order chi connectivity index (χ0) is 14.4. The third kappa shape index (κ3) is 3.84. The summed E-state index contributed by atoms with van der Waals surface area (Å²) in [7, 11) is 0. The molecule has 0 amide bonds. The minimum Gasteiger partial charge on any atom is -0.493 e. The first-order chi connectivity index (χ1) is 9.07. The topological polar surface area (TPSA) is 53.6 Å². The van der Waals surface area contributed by atoms with Gasteiger partial charge in [-0.05, 0) is 26.2 Å². The zero-order valence-corrected chi connectivity index (χ0v) is 12.5. The van der Waals surface area contributed by atoms with Gasteiger partial charge in [-0.2, -0.15) is 0 Å². The van der Waals surface area contributed by atoms with Crippen LogP contribution >= 0.6 is 0 Å². The van der Waals surface area contributed by atoms with Crippen molar-refractivity contribution in [2.45, 2.75) is 41.0 Å². The van der Waals surface area contributed by atoms with Crippen LogP contribution in [-0.4, -0.2) is 50.2 Å². The molecule has 0 aliphatic rings. The molecule has 0 aliphatic carbocycles. The zero-order valence-electron chi connectivity index (χ0n) is 12.5. The Morgan fingerprint density at radius 1 is 1.00 bits per heavy atom. The minimum atomic E-state index is -0.156. The number of rotatable bonds is 8. The highest BCUT2D eigenvalue weighted by molar-refractivity contribution is 5.05. The van der Waals surface area contributed by atoms with E-state index in [1.54, 1.807) is 4.57 Å². The fraction of sp³-hybridized carbons (Fsp3) is 0.769. The Kier molecular flexibility index (Phi) is 6.11. The van der Waals surface area contributed by atoms with Crippen LogP contribution in [0.25, 0.3) is 0 Å². The maximum absolute atomic E-state index is 12.2. The summed E-state index contributed by atoms with van der Waals surface area (Å²) in [6.07, 6.45) is 1.52. The van der Waals surface area contributed by atoms with E-state index in [0.29, 0.717) is 13.3 Å². The van der Waals surface area contributed by atoms with Gasteiger partial charge < -0.3 is 5.11 Å². The van der Waals surface area contributed by atoms with E-state index in [4.69, 9.17) is 0 Å². The van der Waals surface area contributed by atoms with Crippen LogP contribution in [0.15, 0.2) is 11.0 Å². The molecule has 6 heteroatoms. The summed E-state index contributed by atoms with van der Waals surface area (Å²) in [5.41, 5.74) is -0.156. The number of aromatic nitrogens is 2. The van der Waals surface area contributed by atoms with Crippen molar-refractivity contribution in [2.24, 2.45) is 0 Å². The lowest BCUT2D eigenvalue weighted by molar-refractivity contribution is 0.217. The first kappa shape index (κ1) is 15.8. The summed E-state index contributed by atoms with van der Waals surface area (Å²) in [6.45, 7) is 12.6. The fourth-order valence-corrected chi connectivity index (χ4v) is 2.01. The largest absolute Gasteiger partial charge is 0.493 e. The molecular formula is C13H26N4O2. The summed E-state index contributed by atoms with van der Waals surface area (Å²) in [5, 5.41) is 9.91. The standard InChI is InChI=1S/C13H26N4O2/c1-5-14(6-2)10-16-9-12(18)17(13(16)19)11-15(7-3)8-4/h9,18H,5-8,10-11H2,1-4H3. The van der Waals surface area contributed by atoms with Gasteiger partial charge in [-0.1, -0.05) is 27.7 Å². The minimum absolute atomic E-state index is 0.0315. The predicted octanol–water partition coefficient (Wildman–Crippen LogP) is 0.954. The molecule has 110 valence electrons. The van der Waals surface area contributed by atoms with E-state index in [2.05, 4.69) is 23.6 Å². The molecule has 0 unspecified atom stereocenters. The summed E-state index contributed by atoms with van der Waals surface area (Å²) in [6, 6.07) is 0. The SMILES string of the molecule is CCN(CC)Cn1cc(O)n(CN(CC)CC)c1=O. The Morgan fingerprint density at radius 3 is 1.95 bits per heavy atom. The molecule has 1 rings (SSSR count). The van der Waals surface area contributed by atoms with Gasteiger partial charge in [-0.3, -0.25) is 14.4 Å². The molecule has 0 saturated carbocycles. The van der Waals surface area contributed by atoms with Crippen molar-refractivity contribution >= 4 is 0 Å². The van der Waals surface area contributed by atoms with E-state index in [1.165, 1.54) is 10.8 Å². The van der Waals surface area contributed by atoms with E-state index in [0.717, 1.165) is 26.2 Å². The van der Waals surface area contributed by atoms with Gasteiger partial charge in [0, 0.05) is 0 Å². The van der Waals surface area contributed by atoms with Gasteiger partial charge in [-0.25, -0.2) is 9.36 Å². The summed E-state index contributed by atoms with van der Waals surface area (Å²) in [5.74, 6) is 0.0315. The van der Waals surface area contributed by atoms with Crippen molar-refractivity contribution in [3.8, 4) is 5.88 Å². The lowest BCUT2D eigenvalue weighted by atomic mass is 10.5. The summed E-state index contributed by atoms with van der Waals surface area (Å²) < 4.78 is 2.97. The molecule has 0 atom stereocenters. The van der Waals surface area contributed by atoms with E-state index >= 15 is 0 Å². The lowest BCUT2D eigenvalue weighted by Crippen LogP contribution is -2.36. The van der Waals surface area contributed by atoms with Crippen LogP contribution < -0.4 is 5.69 Å². The molecule has 0 fully saturated rings. The Bertz CT molecular complexity index is 430. The van der Waals surface area contributed by atoms with Gasteiger partial charge >= 0.3 is 5.69 Å². The quantitative estimate of drug-likeness (QED) is 0.764. The number of aromatic hydroxyl groups is 1. The maximum Gasteiger partial charge on any atom is 0.333 e. The van der Waals surface area contributed by atoms with Crippen LogP contribution in [0.5, 0.6) is 5.88 Å². The Balaban J connectivity index is 2.91. The van der Waals surface area contributed by atoms with Crippen LogP contribution in [0.3, 0.4) is 0 Å². The molecule has 6 nitrogen and oxygen atoms in total. The van der Waals surface area contributed by atoms with Crippen molar-refractivity contribution in [3.05, 3.63) is 16.7 Å². The van der Waals surface area contributed by atoms with E-state index < -0.39 is 0 Å². The Hall–Kier alpha value is -1.27. The van der Waals surface area contributed by atoms with Crippen molar-refractivity contribution < 1.29 is 5.11 Å². The Labute approximate surface area is 114 Å². The second-order valence-corrected chi connectivity index (χ2v) is 4.56. The van der Waals surface area contributed by atoms with Crippen LogP contribution in [-0.2, 0) is 13.3 Å². The van der Waals surface area contributed by atoms with Crippen LogP contribution in [0.1, 0.15) is 27.7 Å². The van der Waals surface area contributed by atoms with Crippen LogP contribution in [0, 0.1) is 0 Å². The predicted molar refractivity (Wildman–Crippen MR) is 76.2 cm³/mol. The van der Waals surface area contributed by atoms with Crippen molar-refractivity contribution in [3.63, 3.8) is 0 Å². The molecule has 0 saturated heterocycles. The van der Waals surface area contributed by atoms with E-state index in [9.17, 15) is 9.90 Å². The molecule has 1 aromatic heterocycles. The molecule has 1 N–H and O–H groups in total. The van der Waals surface area contributed by atoms with Gasteiger partial charge in [-0.15, -0.1) is 0 Å². The monoisotopic (exact) mass is 270 g/mol. The second kappa shape index (κ2) is 7.35. The van der Waals surface area contributed by atoms with Crippen molar-refractivity contribution in [1.29, 1.82) is 0 Å². The second-order valence-electron chi connectivity index (χ2n) is 4.56. The average molecular weight is 270 g/mol. The van der Waals surface area contributed by atoms with Crippen LogP contribution in [0.4, 0.5) is 0 Å². The highest BCUT2D eigenvalue weighted by Gasteiger charge is 2.13. The summed E-state index contributed by atoms with van der Waals surface area (Å²) in [4.78, 5) is 16.5. The molecule has 0 spiro atoms. The molecular weight excluding hydrogens is 244 g/mol. The molecule has 0 aromatic carbocycles. The third-order valence-corrected chi connectivity index (χ3v) is 3.51. The highest BCUT2D eigenvalue weighted by atomic mass is 16.3. The Morgan fingerprint density at radius 2 is 1.47 bits per heavy atom. The molecule has 0 aliphatic heterocycles. The lowest BCUT2D eigenvalue weighted by Gasteiger charge is -2.19. The van der Waals surface area contributed by atoms with Gasteiger partial charge in [0.2, 0.25) is 5.88 Å². The van der Waals surface area contributed by atoms with Gasteiger partial charge in [0.15, 0.2) is 0 Å². The van der Waals surface area contributed by atoms with E-state index in [1.807, 2.05) is 13.8 Å². The summed E-state index contributed by atoms with van der Waals surface area (Å²) >= 11 is 0. The average Bonchev–Trinajstić information content (AvgIpc) is 2.68. The van der Waals surface area contributed by atoms with E-state index in [-0.39, 0.29) is 11.6 Å². The number of hydrogen-bond donors (Lipinski definition) is 1. The first-order valence-corrected chi connectivity index (χ1v) is 7.00. The fourth-order valence-electron chi connectivity index (χ4n) is 2.01. The van der Waals surface area contributed by atoms with Crippen LogP contribution in [0.2, 0.25) is 0 Å². The normalized spacial score (nSPS) is 11.7. The molecule has 0 radical (unpaired) electrons. The maximum atomic E-state index is 12.2. The van der Waals surface area contributed by atoms with Gasteiger partial charge in [0.05, 0.1) is 19.5 Å². The third-order valence-electron chi connectivity index (χ3n) is 3.51. The van der Waals surface area contributed by atoms with Gasteiger partial charge in [0.1, 0.15) is 0 Å². The molecule has 0 bridgehead atoms. The number of hydrogen-bond acceptors (Lipinski definition) is 4. The number of nitrogens with zero attached hydrogens (tertiary/aromatic N) is 4. The van der Waals surface area contributed by atoms with Gasteiger partial charge in [0.25, 0.3) is 0 Å². The molecule has 1 heterocycles. The van der Waals surface area contributed by atoms with Crippen molar-refractivity contribution in [2.75, 3.05) is 26.2 Å². The highest BCUT2D eigenvalue weighted by Crippen LogP contribution is 2.07. The van der Waals surface area contributed by atoms with Crippen molar-refractivity contribution in [1.82, 2.24) is 18.9 Å². The number of imidazole rings is 1. The first-order valence-electron chi connectivity index (χ1n) is 7.00.